The molecule has 3 aliphatic carbocycles. The van der Waals surface area contributed by atoms with Crippen molar-refractivity contribution >= 4 is 11.6 Å². The Kier molecular flexibility index (Phi) is 5.13. The summed E-state index contributed by atoms with van der Waals surface area (Å²) < 4.78 is 0. The van der Waals surface area contributed by atoms with Gasteiger partial charge in [-0.3, -0.25) is 9.59 Å². The van der Waals surface area contributed by atoms with Crippen LogP contribution in [0.4, 0.5) is 0 Å². The van der Waals surface area contributed by atoms with Crippen molar-refractivity contribution in [2.75, 3.05) is 0 Å². The maximum atomic E-state index is 13.0. The molecule has 3 fully saturated rings. The van der Waals surface area contributed by atoms with E-state index >= 15 is 0 Å². The van der Waals surface area contributed by atoms with Gasteiger partial charge in [0.15, 0.2) is 0 Å². The Morgan fingerprint density at radius 2 is 1.67 bits per heavy atom. The van der Waals surface area contributed by atoms with Crippen molar-refractivity contribution in [3.63, 3.8) is 0 Å². The van der Waals surface area contributed by atoms with Crippen LogP contribution in [0, 0.1) is 23.2 Å². The second-order valence-corrected chi connectivity index (χ2v) is 8.69. The summed E-state index contributed by atoms with van der Waals surface area (Å²) in [6.07, 6.45) is 11.2. The fourth-order valence-electron chi connectivity index (χ4n) is 5.47. The third-order valence-electron chi connectivity index (χ3n) is 7.08. The Bertz CT molecular complexity index is 552. The van der Waals surface area contributed by atoms with Crippen LogP contribution in [-0.4, -0.2) is 11.6 Å². The van der Waals surface area contributed by atoms with Gasteiger partial charge in [0.2, 0.25) is 0 Å². The van der Waals surface area contributed by atoms with Crippen LogP contribution in [-0.2, 0) is 9.59 Å². The zero-order valence-corrected chi connectivity index (χ0v) is 15.2. The molecule has 3 saturated carbocycles. The van der Waals surface area contributed by atoms with Gasteiger partial charge in [-0.15, -0.1) is 0 Å². The van der Waals surface area contributed by atoms with E-state index in [1.54, 1.807) is 0 Å². The highest BCUT2D eigenvalue weighted by Gasteiger charge is 2.45. The predicted octanol–water partition coefficient (Wildman–Crippen LogP) is 5.42. The molecule has 2 nitrogen and oxygen atoms in total. The summed E-state index contributed by atoms with van der Waals surface area (Å²) in [5.41, 5.74) is 1.80. The highest BCUT2D eigenvalue weighted by molar-refractivity contribution is 5.86. The molecule has 0 aliphatic heterocycles. The van der Waals surface area contributed by atoms with Gasteiger partial charge >= 0.3 is 0 Å². The maximum Gasteiger partial charge on any atom is 0.139 e. The zero-order valence-electron chi connectivity index (χ0n) is 15.2. The third kappa shape index (κ3) is 3.30. The lowest BCUT2D eigenvalue weighted by atomic mass is 9.57. The smallest absolute Gasteiger partial charge is 0.139 e. The highest BCUT2D eigenvalue weighted by atomic mass is 16.1. The summed E-state index contributed by atoms with van der Waals surface area (Å²) in [6.45, 7) is 10.5. The molecule has 0 heterocycles. The van der Waals surface area contributed by atoms with E-state index in [1.807, 2.05) is 0 Å². The molecule has 0 saturated heterocycles. The molecule has 0 N–H and O–H groups in total. The van der Waals surface area contributed by atoms with Crippen LogP contribution in [0.1, 0.15) is 77.6 Å². The largest absolute Gasteiger partial charge is 0.299 e. The summed E-state index contributed by atoms with van der Waals surface area (Å²) in [4.78, 5) is 25.2. The molecule has 0 radical (unpaired) electrons. The van der Waals surface area contributed by atoms with Crippen LogP contribution in [0.5, 0.6) is 0 Å². The lowest BCUT2D eigenvalue weighted by Crippen LogP contribution is -2.40. The van der Waals surface area contributed by atoms with E-state index in [0.29, 0.717) is 30.5 Å². The van der Waals surface area contributed by atoms with Crippen LogP contribution in [0.3, 0.4) is 0 Å². The number of rotatable bonds is 3. The normalized spacial score (nSPS) is 36.0. The summed E-state index contributed by atoms with van der Waals surface area (Å²) in [5, 5.41) is 0. The fourth-order valence-corrected chi connectivity index (χ4v) is 5.47. The number of carbonyl (C=O) groups is 2. The van der Waals surface area contributed by atoms with Crippen molar-refractivity contribution in [2.24, 2.45) is 23.2 Å². The number of ketones is 2. The van der Waals surface area contributed by atoms with Crippen molar-refractivity contribution in [1.29, 1.82) is 0 Å². The molecule has 3 atom stereocenters. The average molecular weight is 328 g/mol. The SMILES string of the molecule is C=C1CC(=O)C[C@@](C)(C2CCCC(C(=O)C3CCCCC3)C2)C1=C. The first kappa shape index (κ1) is 17.6. The van der Waals surface area contributed by atoms with E-state index in [4.69, 9.17) is 0 Å². The molecule has 2 heteroatoms. The Labute approximate surface area is 146 Å². The first-order valence-electron chi connectivity index (χ1n) is 9.85. The van der Waals surface area contributed by atoms with Crippen LogP contribution in [0.15, 0.2) is 24.3 Å². The second-order valence-electron chi connectivity index (χ2n) is 8.69. The minimum Gasteiger partial charge on any atom is -0.299 e. The van der Waals surface area contributed by atoms with Crippen molar-refractivity contribution < 1.29 is 9.59 Å². The van der Waals surface area contributed by atoms with Gasteiger partial charge in [-0.05, 0) is 49.2 Å². The number of allylic oxidation sites excluding steroid dienone is 2. The number of hydrogen-bond acceptors (Lipinski definition) is 2. The number of hydrogen-bond donors (Lipinski definition) is 0. The van der Waals surface area contributed by atoms with Gasteiger partial charge in [0.05, 0.1) is 0 Å². The zero-order chi connectivity index (χ0) is 17.3. The summed E-state index contributed by atoms with van der Waals surface area (Å²) in [6, 6.07) is 0. The van der Waals surface area contributed by atoms with Crippen LogP contribution in [0.2, 0.25) is 0 Å². The van der Waals surface area contributed by atoms with Gasteiger partial charge in [-0.2, -0.15) is 0 Å². The molecule has 0 aromatic carbocycles. The van der Waals surface area contributed by atoms with Crippen molar-refractivity contribution in [3.8, 4) is 0 Å². The molecule has 0 bridgehead atoms. The van der Waals surface area contributed by atoms with E-state index in [9.17, 15) is 9.59 Å². The van der Waals surface area contributed by atoms with Gasteiger partial charge in [-0.1, -0.05) is 45.8 Å². The molecule has 0 aromatic heterocycles. The highest BCUT2D eigenvalue weighted by Crippen LogP contribution is 2.52. The van der Waals surface area contributed by atoms with E-state index < -0.39 is 0 Å². The van der Waals surface area contributed by atoms with Crippen molar-refractivity contribution in [2.45, 2.75) is 77.6 Å². The molecule has 0 aromatic rings. The minimum absolute atomic E-state index is 0.183. The monoisotopic (exact) mass is 328 g/mol. The lowest BCUT2D eigenvalue weighted by molar-refractivity contribution is -0.130. The van der Waals surface area contributed by atoms with Gasteiger partial charge in [0.1, 0.15) is 11.6 Å². The molecule has 24 heavy (non-hydrogen) atoms. The molecule has 3 rings (SSSR count). The van der Waals surface area contributed by atoms with Crippen LogP contribution >= 0.6 is 0 Å². The first-order valence-corrected chi connectivity index (χ1v) is 9.85. The van der Waals surface area contributed by atoms with Gasteiger partial charge in [-0.25, -0.2) is 0 Å². The third-order valence-corrected chi connectivity index (χ3v) is 7.08. The fraction of sp³-hybridized carbons (Fsp3) is 0.727. The summed E-state index contributed by atoms with van der Waals surface area (Å²) in [7, 11) is 0. The Hall–Kier alpha value is -1.18. The Morgan fingerprint density at radius 1 is 1.00 bits per heavy atom. The lowest BCUT2D eigenvalue weighted by Gasteiger charge is -2.46. The quantitative estimate of drug-likeness (QED) is 0.693. The van der Waals surface area contributed by atoms with Gasteiger partial charge in [0.25, 0.3) is 0 Å². The number of carbonyl (C=O) groups excluding carboxylic acids is 2. The molecule has 0 spiro atoms. The molecular formula is C22H32O2. The molecule has 3 aliphatic rings. The van der Waals surface area contributed by atoms with Crippen molar-refractivity contribution in [3.05, 3.63) is 24.3 Å². The Morgan fingerprint density at radius 3 is 2.38 bits per heavy atom. The minimum atomic E-state index is -0.183. The van der Waals surface area contributed by atoms with Crippen LogP contribution in [0.25, 0.3) is 0 Å². The summed E-state index contributed by atoms with van der Waals surface area (Å²) in [5.74, 6) is 1.73. The molecular weight excluding hydrogens is 296 g/mol. The maximum absolute atomic E-state index is 13.0. The van der Waals surface area contributed by atoms with Crippen molar-refractivity contribution in [1.82, 2.24) is 0 Å². The topological polar surface area (TPSA) is 34.1 Å². The van der Waals surface area contributed by atoms with E-state index in [0.717, 1.165) is 49.7 Å². The average Bonchev–Trinajstić information content (AvgIpc) is 2.60. The van der Waals surface area contributed by atoms with E-state index in [2.05, 4.69) is 20.1 Å². The molecule has 2 unspecified atom stereocenters. The standard InChI is InChI=1S/C22H32O2/c1-15-12-20(23)14-22(3,16(15)2)19-11-7-10-18(13-19)21(24)17-8-5-4-6-9-17/h17-19H,1-2,4-14H2,3H3/t18?,19?,22-/m1/s1. The van der Waals surface area contributed by atoms with Crippen LogP contribution < -0.4 is 0 Å². The molecule has 0 amide bonds. The van der Waals surface area contributed by atoms with Gasteiger partial charge in [0, 0.05) is 30.1 Å². The summed E-state index contributed by atoms with van der Waals surface area (Å²) >= 11 is 0. The number of Topliss-reactive ketones (excluding diaryl/α,β-unsaturated/α-hetero) is 2. The van der Waals surface area contributed by atoms with E-state index in [-0.39, 0.29) is 17.1 Å². The predicted molar refractivity (Wildman–Crippen MR) is 97.7 cm³/mol. The first-order chi connectivity index (χ1) is 11.4. The second kappa shape index (κ2) is 6.98. The Balaban J connectivity index is 1.72. The van der Waals surface area contributed by atoms with E-state index in [1.165, 1.54) is 19.3 Å². The van der Waals surface area contributed by atoms with Gasteiger partial charge < -0.3 is 0 Å². The molecule has 132 valence electrons.